The minimum atomic E-state index is -0.574. The Morgan fingerprint density at radius 2 is 2.03 bits per heavy atom. The zero-order valence-electron chi connectivity index (χ0n) is 18.3. The Bertz CT molecular complexity index is 676. The van der Waals surface area contributed by atoms with Gasteiger partial charge in [0.1, 0.15) is 5.78 Å². The molecule has 0 aromatic rings. The summed E-state index contributed by atoms with van der Waals surface area (Å²) in [6.45, 7) is 4.02. The number of hydrogen-bond donors (Lipinski definition) is 1. The van der Waals surface area contributed by atoms with Crippen LogP contribution in [0.25, 0.3) is 0 Å². The van der Waals surface area contributed by atoms with E-state index in [-0.39, 0.29) is 47.9 Å². The lowest BCUT2D eigenvalue weighted by molar-refractivity contribution is -0.141. The molecule has 3 aliphatic rings. The second-order valence-corrected chi connectivity index (χ2v) is 9.14. The van der Waals surface area contributed by atoms with Crippen molar-refractivity contribution in [2.24, 2.45) is 17.3 Å². The van der Waals surface area contributed by atoms with Crippen LogP contribution in [-0.2, 0) is 19.1 Å². The number of methoxy groups -OCH3 is 1. The van der Waals surface area contributed by atoms with Gasteiger partial charge in [0.15, 0.2) is 5.78 Å². The standard InChI is InChI=1S/C23H36N2O4/c1-15-20(29-4)14-25-21(15)19(27)13-23(16(2)26)12-17(23)10-8-6-5-7-9-11-18(24-3)22(25)28/h8,10,15,17-18,20-21,24H,5-7,9,11-14H2,1-4H3/b10-8-/t15-,17+,18-,20-,21-,23-/m0/s1. The topological polar surface area (TPSA) is 75.7 Å². The molecule has 2 fully saturated rings. The van der Waals surface area contributed by atoms with Gasteiger partial charge in [-0.05, 0) is 45.6 Å². The second-order valence-electron chi connectivity index (χ2n) is 9.14. The number of nitrogens with zero attached hydrogens (tertiary/aromatic N) is 1. The van der Waals surface area contributed by atoms with Crippen molar-refractivity contribution >= 4 is 17.5 Å². The Morgan fingerprint density at radius 3 is 2.69 bits per heavy atom. The lowest BCUT2D eigenvalue weighted by Gasteiger charge is -2.30. The van der Waals surface area contributed by atoms with Crippen molar-refractivity contribution in [3.8, 4) is 0 Å². The number of allylic oxidation sites excluding steroid dienone is 2. The molecule has 162 valence electrons. The molecule has 2 heterocycles. The summed E-state index contributed by atoms with van der Waals surface area (Å²) in [5.74, 6) is 0.139. The number of Topliss-reactive ketones (excluding diaryl/α,β-unsaturated/α-hetero) is 2. The summed E-state index contributed by atoms with van der Waals surface area (Å²) < 4.78 is 5.60. The Morgan fingerprint density at radius 1 is 1.28 bits per heavy atom. The van der Waals surface area contributed by atoms with Gasteiger partial charge in [-0.2, -0.15) is 0 Å². The van der Waals surface area contributed by atoms with Gasteiger partial charge in [-0.15, -0.1) is 0 Å². The number of ketones is 2. The molecule has 1 saturated heterocycles. The summed E-state index contributed by atoms with van der Waals surface area (Å²) >= 11 is 0. The Kier molecular flexibility index (Phi) is 6.94. The third kappa shape index (κ3) is 4.33. The van der Waals surface area contributed by atoms with E-state index in [2.05, 4.69) is 17.5 Å². The SMILES string of the molecule is CN[C@H]1CCCCC/C=C\[C@@H]2C[C@@]2(C(C)=O)CC(=O)[C@@H]2[C@@H](C)[C@@H](OC)CN2C1=O. The van der Waals surface area contributed by atoms with Gasteiger partial charge >= 0.3 is 0 Å². The van der Waals surface area contributed by atoms with E-state index in [1.165, 1.54) is 0 Å². The van der Waals surface area contributed by atoms with Crippen LogP contribution >= 0.6 is 0 Å². The van der Waals surface area contributed by atoms with Crippen molar-refractivity contribution < 1.29 is 19.1 Å². The van der Waals surface area contributed by atoms with Crippen molar-refractivity contribution in [1.29, 1.82) is 0 Å². The van der Waals surface area contributed by atoms with Crippen molar-refractivity contribution in [3.63, 3.8) is 0 Å². The normalized spacial score (nSPS) is 39.9. The van der Waals surface area contributed by atoms with Crippen molar-refractivity contribution in [2.45, 2.75) is 77.0 Å². The first-order chi connectivity index (χ1) is 13.9. The van der Waals surface area contributed by atoms with Crippen LogP contribution in [0.2, 0.25) is 0 Å². The van der Waals surface area contributed by atoms with Gasteiger partial charge in [-0.25, -0.2) is 0 Å². The van der Waals surface area contributed by atoms with Crippen LogP contribution in [0.5, 0.6) is 0 Å². The van der Waals surface area contributed by atoms with Gasteiger partial charge in [-0.1, -0.05) is 31.9 Å². The number of likely N-dealkylation sites (N-methyl/N-ethyl adjacent to an activating group) is 1. The summed E-state index contributed by atoms with van der Waals surface area (Å²) in [6, 6.07) is -0.806. The smallest absolute Gasteiger partial charge is 0.240 e. The fourth-order valence-corrected chi connectivity index (χ4v) is 5.32. The lowest BCUT2D eigenvalue weighted by atomic mass is 9.86. The lowest BCUT2D eigenvalue weighted by Crippen LogP contribution is -2.51. The average molecular weight is 405 g/mol. The molecule has 0 unspecified atom stereocenters. The molecule has 1 N–H and O–H groups in total. The van der Waals surface area contributed by atoms with Gasteiger partial charge in [0.2, 0.25) is 5.91 Å². The first kappa shape index (κ1) is 22.2. The van der Waals surface area contributed by atoms with Crippen molar-refractivity contribution in [1.82, 2.24) is 10.2 Å². The Balaban J connectivity index is 1.90. The predicted molar refractivity (Wildman–Crippen MR) is 111 cm³/mol. The number of carbonyl (C=O) groups excluding carboxylic acids is 3. The van der Waals surface area contributed by atoms with Gasteiger partial charge in [0, 0.05) is 31.4 Å². The molecule has 29 heavy (non-hydrogen) atoms. The van der Waals surface area contributed by atoms with Crippen LogP contribution in [-0.4, -0.2) is 61.3 Å². The van der Waals surface area contributed by atoms with Crippen LogP contribution in [0, 0.1) is 17.3 Å². The number of rotatable bonds is 3. The molecular formula is C23H36N2O4. The molecule has 3 rings (SSSR count). The van der Waals surface area contributed by atoms with E-state index in [0.717, 1.165) is 38.5 Å². The summed E-state index contributed by atoms with van der Waals surface area (Å²) in [5.41, 5.74) is -0.574. The minimum Gasteiger partial charge on any atom is -0.379 e. The summed E-state index contributed by atoms with van der Waals surface area (Å²) in [5, 5.41) is 3.15. The molecule has 6 atom stereocenters. The highest BCUT2D eigenvalue weighted by Gasteiger charge is 2.59. The number of ether oxygens (including phenoxy) is 1. The van der Waals surface area contributed by atoms with Gasteiger partial charge in [0.05, 0.1) is 18.2 Å². The quantitative estimate of drug-likeness (QED) is 0.732. The minimum absolute atomic E-state index is 0.00113. The van der Waals surface area contributed by atoms with E-state index in [4.69, 9.17) is 4.74 Å². The molecule has 1 aliphatic carbocycles. The van der Waals surface area contributed by atoms with E-state index in [9.17, 15) is 14.4 Å². The van der Waals surface area contributed by atoms with E-state index in [1.54, 1.807) is 18.9 Å². The molecule has 0 bridgehead atoms. The Labute approximate surface area is 174 Å². The molecule has 0 spiro atoms. The fourth-order valence-electron chi connectivity index (χ4n) is 5.32. The third-order valence-electron chi connectivity index (χ3n) is 7.42. The maximum atomic E-state index is 13.4. The monoisotopic (exact) mass is 404 g/mol. The van der Waals surface area contributed by atoms with E-state index in [1.807, 2.05) is 14.0 Å². The average Bonchev–Trinajstić information content (AvgIpc) is 3.28. The maximum absolute atomic E-state index is 13.4. The van der Waals surface area contributed by atoms with Crippen LogP contribution in [0.1, 0.15) is 58.8 Å². The van der Waals surface area contributed by atoms with E-state index < -0.39 is 11.5 Å². The third-order valence-corrected chi connectivity index (χ3v) is 7.42. The van der Waals surface area contributed by atoms with Gasteiger partial charge < -0.3 is 15.0 Å². The largest absolute Gasteiger partial charge is 0.379 e. The van der Waals surface area contributed by atoms with Crippen molar-refractivity contribution in [3.05, 3.63) is 12.2 Å². The van der Waals surface area contributed by atoms with E-state index >= 15 is 0 Å². The number of nitrogens with one attached hydrogen (secondary N) is 1. The maximum Gasteiger partial charge on any atom is 0.240 e. The highest BCUT2D eigenvalue weighted by molar-refractivity contribution is 5.97. The molecule has 1 saturated carbocycles. The molecular weight excluding hydrogens is 368 g/mol. The molecule has 0 aromatic carbocycles. The fraction of sp³-hybridized carbons (Fsp3) is 0.783. The summed E-state index contributed by atoms with van der Waals surface area (Å²) in [7, 11) is 3.44. The highest BCUT2D eigenvalue weighted by atomic mass is 16.5. The molecule has 6 heteroatoms. The van der Waals surface area contributed by atoms with Crippen LogP contribution in [0.4, 0.5) is 0 Å². The number of amides is 1. The predicted octanol–water partition coefficient (Wildman–Crippen LogP) is 2.51. The molecule has 2 aliphatic heterocycles. The van der Waals surface area contributed by atoms with Crippen molar-refractivity contribution in [2.75, 3.05) is 20.7 Å². The zero-order valence-corrected chi connectivity index (χ0v) is 18.3. The van der Waals surface area contributed by atoms with E-state index in [0.29, 0.717) is 6.54 Å². The number of fused-ring (bicyclic) bond motifs is 2. The number of carbonyl (C=O) groups is 3. The summed E-state index contributed by atoms with van der Waals surface area (Å²) in [6.07, 6.45) is 9.99. The second kappa shape index (κ2) is 9.09. The van der Waals surface area contributed by atoms with Crippen LogP contribution < -0.4 is 5.32 Å². The molecule has 0 radical (unpaired) electrons. The van der Waals surface area contributed by atoms with Gasteiger partial charge in [0.25, 0.3) is 0 Å². The zero-order chi connectivity index (χ0) is 21.2. The summed E-state index contributed by atoms with van der Waals surface area (Å²) in [4.78, 5) is 41.0. The number of hydrogen-bond acceptors (Lipinski definition) is 5. The Hall–Kier alpha value is -1.53. The first-order valence-electron chi connectivity index (χ1n) is 11.1. The van der Waals surface area contributed by atoms with Crippen LogP contribution in [0.3, 0.4) is 0 Å². The molecule has 1 amide bonds. The molecule has 0 aromatic heterocycles. The highest BCUT2D eigenvalue weighted by Crippen LogP contribution is 2.57. The van der Waals surface area contributed by atoms with Gasteiger partial charge in [-0.3, -0.25) is 14.4 Å². The molecule has 6 nitrogen and oxygen atoms in total. The van der Waals surface area contributed by atoms with Crippen LogP contribution in [0.15, 0.2) is 12.2 Å². The first-order valence-corrected chi connectivity index (χ1v) is 11.1.